The Hall–Kier alpha value is -1.64. The van der Waals surface area contributed by atoms with Gasteiger partial charge in [-0.05, 0) is 13.0 Å². The maximum absolute atomic E-state index is 11.4. The number of Topliss-reactive ketones (excluding diaryl/α,β-unsaturated/α-hetero) is 2. The molecular weight excluding hydrogens is 178 g/mol. The number of hydrogen-bond donors (Lipinski definition) is 1. The molecule has 0 fully saturated rings. The molecule has 0 bridgehead atoms. The largest absolute Gasteiger partial charge is 0.404 e. The number of allylic oxidation sites excluding steroid dienone is 4. The Labute approximate surface area is 84.0 Å². The number of carbonyl (C=O) groups is 2. The van der Waals surface area contributed by atoms with Crippen molar-refractivity contribution in [1.82, 2.24) is 0 Å². The van der Waals surface area contributed by atoms with Crippen molar-refractivity contribution in [3.63, 3.8) is 0 Å². The summed E-state index contributed by atoms with van der Waals surface area (Å²) in [6.45, 7) is 4.94. The fraction of sp³-hybridized carbons (Fsp3) is 0.273. The monoisotopic (exact) mass is 193 g/mol. The zero-order chi connectivity index (χ0) is 11.0. The Morgan fingerprint density at radius 3 is 2.43 bits per heavy atom. The Morgan fingerprint density at radius 1 is 1.36 bits per heavy atom. The molecule has 0 radical (unpaired) electrons. The van der Waals surface area contributed by atoms with E-state index in [-0.39, 0.29) is 24.4 Å². The van der Waals surface area contributed by atoms with Crippen molar-refractivity contribution in [2.24, 2.45) is 5.73 Å². The molecule has 76 valence electrons. The lowest BCUT2D eigenvalue weighted by Gasteiger charge is -1.98. The predicted octanol–water partition coefficient (Wildman–Crippen LogP) is 1.51. The van der Waals surface area contributed by atoms with E-state index in [0.29, 0.717) is 5.57 Å². The summed E-state index contributed by atoms with van der Waals surface area (Å²) in [6.07, 6.45) is 6.47. The van der Waals surface area contributed by atoms with Gasteiger partial charge in [-0.1, -0.05) is 18.7 Å². The van der Waals surface area contributed by atoms with Gasteiger partial charge in [-0.2, -0.15) is 0 Å². The van der Waals surface area contributed by atoms with Crippen molar-refractivity contribution in [2.45, 2.75) is 19.8 Å². The molecule has 0 aliphatic carbocycles. The highest BCUT2D eigenvalue weighted by Crippen LogP contribution is 2.04. The molecule has 3 heteroatoms. The number of nitrogens with two attached hydrogens (primary N) is 1. The van der Waals surface area contributed by atoms with Crippen molar-refractivity contribution in [3.8, 4) is 0 Å². The van der Waals surface area contributed by atoms with Crippen LogP contribution in [0, 0.1) is 0 Å². The highest BCUT2D eigenvalue weighted by Gasteiger charge is 2.06. The summed E-state index contributed by atoms with van der Waals surface area (Å²) in [5.41, 5.74) is 5.68. The number of hydrogen-bond acceptors (Lipinski definition) is 3. The number of rotatable bonds is 6. The predicted molar refractivity (Wildman–Crippen MR) is 56.5 cm³/mol. The molecule has 0 amide bonds. The Balaban J connectivity index is 4.26. The van der Waals surface area contributed by atoms with E-state index in [1.807, 2.05) is 0 Å². The first-order valence-electron chi connectivity index (χ1n) is 4.35. The summed E-state index contributed by atoms with van der Waals surface area (Å²) in [5.74, 6) is -0.122. The second-order valence-corrected chi connectivity index (χ2v) is 2.84. The summed E-state index contributed by atoms with van der Waals surface area (Å²) in [5, 5.41) is 0. The second kappa shape index (κ2) is 6.83. The summed E-state index contributed by atoms with van der Waals surface area (Å²) in [7, 11) is 0. The van der Waals surface area contributed by atoms with Crippen LogP contribution in [0.25, 0.3) is 0 Å². The minimum atomic E-state index is -0.124. The molecule has 0 aromatic carbocycles. The maximum Gasteiger partial charge on any atom is 0.164 e. The van der Waals surface area contributed by atoms with Gasteiger partial charge in [0.25, 0.3) is 0 Å². The van der Waals surface area contributed by atoms with Crippen molar-refractivity contribution >= 4 is 11.6 Å². The van der Waals surface area contributed by atoms with E-state index in [9.17, 15) is 9.59 Å². The van der Waals surface area contributed by atoms with E-state index in [1.54, 1.807) is 18.2 Å². The summed E-state index contributed by atoms with van der Waals surface area (Å²) in [6, 6.07) is 0. The quantitative estimate of drug-likeness (QED) is 0.513. The van der Waals surface area contributed by atoms with E-state index >= 15 is 0 Å². The van der Waals surface area contributed by atoms with Crippen molar-refractivity contribution < 1.29 is 9.59 Å². The molecule has 14 heavy (non-hydrogen) atoms. The molecule has 2 N–H and O–H groups in total. The second-order valence-electron chi connectivity index (χ2n) is 2.84. The molecule has 0 saturated heterocycles. The SMILES string of the molecule is C=C/C=C\C(=C/N)C(=O)CCC(C)=O. The normalized spacial score (nSPS) is 11.6. The fourth-order valence-corrected chi connectivity index (χ4v) is 0.847. The molecule has 0 aliphatic heterocycles. The topological polar surface area (TPSA) is 60.2 Å². The van der Waals surface area contributed by atoms with Crippen LogP contribution in [-0.2, 0) is 9.59 Å². The molecule has 0 aromatic heterocycles. The van der Waals surface area contributed by atoms with E-state index in [4.69, 9.17) is 5.73 Å². The highest BCUT2D eigenvalue weighted by atomic mass is 16.1. The molecule has 0 heterocycles. The number of ketones is 2. The van der Waals surface area contributed by atoms with Crippen LogP contribution >= 0.6 is 0 Å². The summed E-state index contributed by atoms with van der Waals surface area (Å²) < 4.78 is 0. The molecule has 0 rings (SSSR count). The third-order valence-corrected chi connectivity index (χ3v) is 1.62. The van der Waals surface area contributed by atoms with Gasteiger partial charge in [0.15, 0.2) is 5.78 Å². The van der Waals surface area contributed by atoms with Crippen LogP contribution in [0.2, 0.25) is 0 Å². The van der Waals surface area contributed by atoms with Gasteiger partial charge in [0.05, 0.1) is 0 Å². The lowest BCUT2D eigenvalue weighted by molar-refractivity contribution is -0.121. The molecule has 3 nitrogen and oxygen atoms in total. The van der Waals surface area contributed by atoms with Gasteiger partial charge in [-0.15, -0.1) is 0 Å². The highest BCUT2D eigenvalue weighted by molar-refractivity contribution is 5.99. The Bertz CT molecular complexity index is 288. The lowest BCUT2D eigenvalue weighted by atomic mass is 10.1. The van der Waals surface area contributed by atoms with Gasteiger partial charge in [-0.25, -0.2) is 0 Å². The first-order valence-corrected chi connectivity index (χ1v) is 4.35. The average molecular weight is 193 g/mol. The van der Waals surface area contributed by atoms with E-state index in [1.165, 1.54) is 13.1 Å². The number of carbonyl (C=O) groups excluding carboxylic acids is 2. The Kier molecular flexibility index (Phi) is 6.03. The average Bonchev–Trinajstić information content (AvgIpc) is 2.16. The molecule has 0 spiro atoms. The zero-order valence-electron chi connectivity index (χ0n) is 8.32. The third-order valence-electron chi connectivity index (χ3n) is 1.62. The van der Waals surface area contributed by atoms with Gasteiger partial charge in [-0.3, -0.25) is 4.79 Å². The first kappa shape index (κ1) is 12.4. The minimum Gasteiger partial charge on any atom is -0.404 e. The van der Waals surface area contributed by atoms with Gasteiger partial charge in [0, 0.05) is 24.6 Å². The molecule has 0 unspecified atom stereocenters. The van der Waals surface area contributed by atoms with Crippen molar-refractivity contribution in [1.29, 1.82) is 0 Å². The standard InChI is InChI=1S/C11H15NO2/c1-3-4-5-10(8-12)11(14)7-6-9(2)13/h3-5,8H,1,6-7,12H2,2H3/b5-4-,10-8+. The third kappa shape index (κ3) is 5.09. The lowest BCUT2D eigenvalue weighted by Crippen LogP contribution is -2.05. The van der Waals surface area contributed by atoms with Crippen LogP contribution in [0.5, 0.6) is 0 Å². The minimum absolute atomic E-state index is 0.00224. The fourth-order valence-electron chi connectivity index (χ4n) is 0.847. The Morgan fingerprint density at radius 2 is 2.00 bits per heavy atom. The van der Waals surface area contributed by atoms with Crippen LogP contribution in [0.15, 0.2) is 36.6 Å². The van der Waals surface area contributed by atoms with E-state index < -0.39 is 0 Å². The molecule has 0 atom stereocenters. The van der Waals surface area contributed by atoms with Crippen molar-refractivity contribution in [2.75, 3.05) is 0 Å². The van der Waals surface area contributed by atoms with E-state index in [2.05, 4.69) is 6.58 Å². The van der Waals surface area contributed by atoms with Gasteiger partial charge in [0.2, 0.25) is 0 Å². The zero-order valence-corrected chi connectivity index (χ0v) is 8.32. The van der Waals surface area contributed by atoms with Crippen molar-refractivity contribution in [3.05, 3.63) is 36.6 Å². The van der Waals surface area contributed by atoms with Crippen LogP contribution in [0.1, 0.15) is 19.8 Å². The van der Waals surface area contributed by atoms with E-state index in [0.717, 1.165) is 0 Å². The van der Waals surface area contributed by atoms with Crippen LogP contribution in [0.4, 0.5) is 0 Å². The van der Waals surface area contributed by atoms with Gasteiger partial charge in [0.1, 0.15) is 5.78 Å². The molecular formula is C11H15NO2. The smallest absolute Gasteiger partial charge is 0.164 e. The molecule has 0 saturated carbocycles. The maximum atomic E-state index is 11.4. The van der Waals surface area contributed by atoms with Crippen LogP contribution in [0.3, 0.4) is 0 Å². The van der Waals surface area contributed by atoms with Crippen LogP contribution in [-0.4, -0.2) is 11.6 Å². The summed E-state index contributed by atoms with van der Waals surface area (Å²) in [4.78, 5) is 22.0. The first-order chi connectivity index (χ1) is 6.61. The molecule has 0 aliphatic rings. The summed E-state index contributed by atoms with van der Waals surface area (Å²) >= 11 is 0. The van der Waals surface area contributed by atoms with Crippen LogP contribution < -0.4 is 5.73 Å². The van der Waals surface area contributed by atoms with Gasteiger partial charge >= 0.3 is 0 Å². The van der Waals surface area contributed by atoms with Gasteiger partial charge < -0.3 is 10.5 Å². The molecule has 0 aromatic rings.